The van der Waals surface area contributed by atoms with E-state index in [0.29, 0.717) is 5.13 Å². The average molecular weight is 326 g/mol. The maximum atomic E-state index is 13.0. The van der Waals surface area contributed by atoms with Crippen LogP contribution >= 0.6 is 22.9 Å². The molecule has 0 radical (unpaired) electrons. The lowest BCUT2D eigenvalue weighted by Crippen LogP contribution is -2.27. The molecule has 1 amide bonds. The lowest BCUT2D eigenvalue weighted by molar-refractivity contribution is 0.102. The number of nitrogens with zero attached hydrogens (tertiary/aromatic N) is 1. The first-order valence-electron chi connectivity index (χ1n) is 6.53. The van der Waals surface area contributed by atoms with E-state index in [0.717, 1.165) is 35.9 Å². The van der Waals surface area contributed by atoms with Crippen LogP contribution in [0.25, 0.3) is 0 Å². The number of nitrogens with two attached hydrogens (primary N) is 1. The smallest absolute Gasteiger partial charge is 0.258 e. The molecule has 3 N–H and O–H groups in total. The van der Waals surface area contributed by atoms with Crippen LogP contribution in [0.5, 0.6) is 0 Å². The summed E-state index contributed by atoms with van der Waals surface area (Å²) in [5, 5.41) is 3.32. The number of benzene rings is 1. The number of fused-ring (bicyclic) bond motifs is 1. The fourth-order valence-electron chi connectivity index (χ4n) is 2.29. The molecule has 1 aromatic carbocycles. The van der Waals surface area contributed by atoms with Crippen LogP contribution in [0.1, 0.15) is 27.3 Å². The minimum Gasteiger partial charge on any atom is -0.327 e. The number of hydrogen-bond acceptors (Lipinski definition) is 4. The van der Waals surface area contributed by atoms with Crippen LogP contribution in [0.2, 0.25) is 5.02 Å². The molecule has 0 fully saturated rings. The van der Waals surface area contributed by atoms with Crippen molar-refractivity contribution in [2.75, 3.05) is 5.32 Å². The summed E-state index contributed by atoms with van der Waals surface area (Å²) < 4.78 is 13.0. The van der Waals surface area contributed by atoms with E-state index in [1.54, 1.807) is 0 Å². The number of thiazole rings is 1. The minimum absolute atomic E-state index is 0.0795. The van der Waals surface area contributed by atoms with Crippen LogP contribution in [-0.2, 0) is 12.8 Å². The molecule has 2 aromatic rings. The summed E-state index contributed by atoms with van der Waals surface area (Å²) in [5.41, 5.74) is 7.15. The van der Waals surface area contributed by atoms with E-state index in [9.17, 15) is 9.18 Å². The topological polar surface area (TPSA) is 68.0 Å². The minimum atomic E-state index is -0.477. The molecule has 0 unspecified atom stereocenters. The lowest BCUT2D eigenvalue weighted by Gasteiger charge is -2.15. The second-order valence-electron chi connectivity index (χ2n) is 4.97. The molecule has 3 rings (SSSR count). The monoisotopic (exact) mass is 325 g/mol. The zero-order valence-corrected chi connectivity index (χ0v) is 12.6. The number of hydrogen-bond donors (Lipinski definition) is 2. The van der Waals surface area contributed by atoms with E-state index in [2.05, 4.69) is 10.3 Å². The third-order valence-electron chi connectivity index (χ3n) is 3.37. The predicted octanol–water partition coefficient (Wildman–Crippen LogP) is 3.00. The van der Waals surface area contributed by atoms with Gasteiger partial charge in [0.05, 0.1) is 16.3 Å². The summed E-state index contributed by atoms with van der Waals surface area (Å²) in [6, 6.07) is 3.83. The van der Waals surface area contributed by atoms with E-state index in [1.807, 2.05) is 0 Å². The van der Waals surface area contributed by atoms with Gasteiger partial charge < -0.3 is 5.73 Å². The number of carbonyl (C=O) groups excluding carboxylic acids is 1. The number of halogens is 2. The van der Waals surface area contributed by atoms with Crippen LogP contribution in [0, 0.1) is 5.82 Å². The quantitative estimate of drug-likeness (QED) is 0.892. The second-order valence-corrected chi connectivity index (χ2v) is 6.46. The van der Waals surface area contributed by atoms with Crippen molar-refractivity contribution >= 4 is 34.0 Å². The van der Waals surface area contributed by atoms with Gasteiger partial charge in [-0.2, -0.15) is 0 Å². The maximum Gasteiger partial charge on any atom is 0.258 e. The first-order valence-corrected chi connectivity index (χ1v) is 7.73. The van der Waals surface area contributed by atoms with Crippen molar-refractivity contribution in [3.63, 3.8) is 0 Å². The zero-order chi connectivity index (χ0) is 15.0. The van der Waals surface area contributed by atoms with Crippen LogP contribution in [0.4, 0.5) is 9.52 Å². The van der Waals surface area contributed by atoms with Gasteiger partial charge in [0.15, 0.2) is 5.13 Å². The highest BCUT2D eigenvalue weighted by Gasteiger charge is 2.21. The van der Waals surface area contributed by atoms with Gasteiger partial charge in [-0.25, -0.2) is 9.37 Å². The molecule has 1 aliphatic carbocycles. The van der Waals surface area contributed by atoms with Gasteiger partial charge in [0, 0.05) is 10.9 Å². The molecular formula is C14H13ClFN3OS. The number of rotatable bonds is 2. The first kappa shape index (κ1) is 14.4. The largest absolute Gasteiger partial charge is 0.327 e. The molecule has 0 aliphatic heterocycles. The molecule has 1 atom stereocenters. The Bertz CT molecular complexity index is 704. The zero-order valence-electron chi connectivity index (χ0n) is 11.0. The van der Waals surface area contributed by atoms with E-state index < -0.39 is 11.7 Å². The predicted molar refractivity (Wildman–Crippen MR) is 81.5 cm³/mol. The summed E-state index contributed by atoms with van der Waals surface area (Å²) >= 11 is 7.31. The Balaban J connectivity index is 1.79. The number of amides is 1. The molecular weight excluding hydrogens is 313 g/mol. The Morgan fingerprint density at radius 2 is 2.33 bits per heavy atom. The summed E-state index contributed by atoms with van der Waals surface area (Å²) in [6.07, 6.45) is 2.54. The number of carbonyl (C=O) groups is 1. The normalized spacial score (nSPS) is 17.4. The van der Waals surface area contributed by atoms with Crippen molar-refractivity contribution in [2.24, 2.45) is 5.73 Å². The molecule has 1 aliphatic rings. The molecule has 1 heterocycles. The van der Waals surface area contributed by atoms with Gasteiger partial charge in [0.25, 0.3) is 5.91 Å². The highest BCUT2D eigenvalue weighted by atomic mass is 35.5. The Morgan fingerprint density at radius 1 is 1.52 bits per heavy atom. The van der Waals surface area contributed by atoms with E-state index in [4.69, 9.17) is 17.3 Å². The standard InChI is InChI=1S/C14H13ClFN3OS/c15-10-5-7(16)1-3-9(10)13(20)19-14-18-11-4-2-8(17)6-12(11)21-14/h1,3,5,8H,2,4,6,17H2,(H,18,19,20)/t8-/m0/s1. The molecule has 0 spiro atoms. The van der Waals surface area contributed by atoms with Crippen molar-refractivity contribution < 1.29 is 9.18 Å². The van der Waals surface area contributed by atoms with Gasteiger partial charge in [-0.05, 0) is 37.5 Å². The molecule has 0 bridgehead atoms. The van der Waals surface area contributed by atoms with Crippen molar-refractivity contribution in [2.45, 2.75) is 25.3 Å². The fraction of sp³-hybridized carbons (Fsp3) is 0.286. The van der Waals surface area contributed by atoms with Gasteiger partial charge in [-0.3, -0.25) is 10.1 Å². The lowest BCUT2D eigenvalue weighted by atomic mass is 9.99. The van der Waals surface area contributed by atoms with Crippen molar-refractivity contribution in [3.8, 4) is 0 Å². The number of aryl methyl sites for hydroxylation is 1. The van der Waals surface area contributed by atoms with E-state index in [-0.39, 0.29) is 16.6 Å². The first-order chi connectivity index (χ1) is 10.0. The molecule has 0 saturated carbocycles. The Kier molecular flexibility index (Phi) is 3.93. The summed E-state index contributed by atoms with van der Waals surface area (Å²) in [6.45, 7) is 0. The Labute approximate surface area is 130 Å². The molecule has 21 heavy (non-hydrogen) atoms. The van der Waals surface area contributed by atoms with Crippen LogP contribution < -0.4 is 11.1 Å². The Morgan fingerprint density at radius 3 is 3.10 bits per heavy atom. The van der Waals surface area contributed by atoms with Crippen molar-refractivity contribution in [1.29, 1.82) is 0 Å². The van der Waals surface area contributed by atoms with Crippen molar-refractivity contribution in [3.05, 3.63) is 45.2 Å². The highest BCUT2D eigenvalue weighted by molar-refractivity contribution is 7.15. The van der Waals surface area contributed by atoms with Crippen molar-refractivity contribution in [1.82, 2.24) is 4.98 Å². The molecule has 7 heteroatoms. The number of nitrogens with one attached hydrogen (secondary N) is 1. The van der Waals surface area contributed by atoms with Crippen LogP contribution in [0.3, 0.4) is 0 Å². The van der Waals surface area contributed by atoms with E-state index in [1.165, 1.54) is 23.5 Å². The molecule has 110 valence electrons. The van der Waals surface area contributed by atoms with Crippen LogP contribution in [-0.4, -0.2) is 16.9 Å². The SMILES string of the molecule is N[C@H]1CCc2nc(NC(=O)c3ccc(F)cc3Cl)sc2C1. The molecule has 0 saturated heterocycles. The highest BCUT2D eigenvalue weighted by Crippen LogP contribution is 2.30. The summed E-state index contributed by atoms with van der Waals surface area (Å²) in [4.78, 5) is 17.7. The third kappa shape index (κ3) is 3.07. The summed E-state index contributed by atoms with van der Waals surface area (Å²) in [7, 11) is 0. The average Bonchev–Trinajstić information content (AvgIpc) is 2.79. The maximum absolute atomic E-state index is 13.0. The summed E-state index contributed by atoms with van der Waals surface area (Å²) in [5.74, 6) is -0.870. The fourth-order valence-corrected chi connectivity index (χ4v) is 3.64. The van der Waals surface area contributed by atoms with Gasteiger partial charge in [-0.15, -0.1) is 11.3 Å². The molecule has 1 aromatic heterocycles. The van der Waals surface area contributed by atoms with Crippen LogP contribution in [0.15, 0.2) is 18.2 Å². The van der Waals surface area contributed by atoms with Gasteiger partial charge in [-0.1, -0.05) is 11.6 Å². The second kappa shape index (κ2) is 5.71. The number of aromatic nitrogens is 1. The molecule has 4 nitrogen and oxygen atoms in total. The Hall–Kier alpha value is -1.50. The van der Waals surface area contributed by atoms with E-state index >= 15 is 0 Å². The van der Waals surface area contributed by atoms with Gasteiger partial charge in [0.2, 0.25) is 0 Å². The third-order valence-corrected chi connectivity index (χ3v) is 4.72. The number of anilines is 1. The van der Waals surface area contributed by atoms with Gasteiger partial charge in [0.1, 0.15) is 5.82 Å². The van der Waals surface area contributed by atoms with Gasteiger partial charge >= 0.3 is 0 Å².